The Morgan fingerprint density at radius 1 is 0.903 bits per heavy atom. The van der Waals surface area contributed by atoms with E-state index >= 15 is 0 Å². The van der Waals surface area contributed by atoms with Crippen LogP contribution in [0.1, 0.15) is 11.1 Å². The molecule has 2 heterocycles. The molecule has 0 aliphatic carbocycles. The molecular weight excluding hydrogens is 454 g/mol. The number of rotatable bonds is 3. The van der Waals surface area contributed by atoms with Crippen molar-refractivity contribution in [2.24, 2.45) is 10.2 Å². The normalized spacial score (nSPS) is 11.7. The number of H-pyrrole nitrogens is 1. The van der Waals surface area contributed by atoms with Crippen LogP contribution in [0, 0.1) is 13.8 Å². The second-order valence-corrected chi connectivity index (χ2v) is 8.34. The van der Waals surface area contributed by atoms with Crippen LogP contribution in [0.3, 0.4) is 0 Å². The van der Waals surface area contributed by atoms with Gasteiger partial charge < -0.3 is 10.1 Å². The van der Waals surface area contributed by atoms with Crippen molar-refractivity contribution in [1.82, 2.24) is 15.0 Å². The van der Waals surface area contributed by atoms with Crippen molar-refractivity contribution in [1.29, 1.82) is 0 Å². The predicted molar refractivity (Wildman–Crippen MR) is 126 cm³/mol. The van der Waals surface area contributed by atoms with Crippen LogP contribution in [0.4, 0.5) is 11.6 Å². The van der Waals surface area contributed by atoms with Gasteiger partial charge in [-0.3, -0.25) is 0 Å². The van der Waals surface area contributed by atoms with E-state index in [0.29, 0.717) is 5.69 Å². The Hall–Kier alpha value is -3.58. The van der Waals surface area contributed by atoms with E-state index in [9.17, 15) is 5.11 Å². The molecule has 5 rings (SSSR count). The highest BCUT2D eigenvalue weighted by molar-refractivity contribution is 9.10. The fourth-order valence-corrected chi connectivity index (χ4v) is 4.13. The van der Waals surface area contributed by atoms with Crippen LogP contribution < -0.4 is 0 Å². The van der Waals surface area contributed by atoms with Crippen LogP contribution in [-0.2, 0) is 0 Å². The third kappa shape index (κ3) is 3.57. The zero-order valence-electron chi connectivity index (χ0n) is 16.9. The first kappa shape index (κ1) is 19.4. The van der Waals surface area contributed by atoms with E-state index in [1.807, 2.05) is 68.4 Å². The van der Waals surface area contributed by atoms with E-state index in [4.69, 9.17) is 0 Å². The number of aromatic amines is 1. The van der Waals surface area contributed by atoms with Crippen LogP contribution in [0.2, 0.25) is 0 Å². The second kappa shape index (κ2) is 7.59. The quantitative estimate of drug-likeness (QED) is 0.271. The summed E-state index contributed by atoms with van der Waals surface area (Å²) < 4.78 is 0.949. The van der Waals surface area contributed by atoms with Crippen molar-refractivity contribution in [3.05, 3.63) is 76.3 Å². The molecule has 152 valence electrons. The smallest absolute Gasteiger partial charge is 0.270 e. The SMILES string of the molecule is Cc1cc(C)c2[nH]c(O)c(N=Nc3nc(-c4ccccc4)c4cc(Br)ccc4n3)c2c1. The van der Waals surface area contributed by atoms with Gasteiger partial charge in [-0.15, -0.1) is 10.2 Å². The summed E-state index contributed by atoms with van der Waals surface area (Å²) in [5.41, 5.74) is 5.83. The molecular formula is C24H18BrN5O. The molecule has 0 saturated carbocycles. The molecule has 6 nitrogen and oxygen atoms in total. The fraction of sp³-hybridized carbons (Fsp3) is 0.0833. The van der Waals surface area contributed by atoms with Gasteiger partial charge in [-0.1, -0.05) is 57.9 Å². The Balaban J connectivity index is 1.67. The lowest BCUT2D eigenvalue weighted by atomic mass is 10.1. The number of aromatic hydroxyl groups is 1. The van der Waals surface area contributed by atoms with Gasteiger partial charge in [0.15, 0.2) is 5.69 Å². The first-order chi connectivity index (χ1) is 15.0. The molecule has 0 radical (unpaired) electrons. The van der Waals surface area contributed by atoms with Crippen LogP contribution in [0.25, 0.3) is 33.1 Å². The van der Waals surface area contributed by atoms with Crippen molar-refractivity contribution < 1.29 is 5.11 Å². The van der Waals surface area contributed by atoms with E-state index in [0.717, 1.165) is 48.7 Å². The molecule has 0 unspecified atom stereocenters. The topological polar surface area (TPSA) is 86.5 Å². The van der Waals surface area contributed by atoms with Gasteiger partial charge >= 0.3 is 0 Å². The van der Waals surface area contributed by atoms with E-state index in [2.05, 4.69) is 47.2 Å². The summed E-state index contributed by atoms with van der Waals surface area (Å²) in [7, 11) is 0. The summed E-state index contributed by atoms with van der Waals surface area (Å²) in [6.45, 7) is 4.00. The predicted octanol–water partition coefficient (Wildman–Crippen LogP) is 7.28. The van der Waals surface area contributed by atoms with Gasteiger partial charge in [-0.05, 0) is 43.7 Å². The maximum atomic E-state index is 10.4. The summed E-state index contributed by atoms with van der Waals surface area (Å²) >= 11 is 3.53. The van der Waals surface area contributed by atoms with Crippen LogP contribution >= 0.6 is 15.9 Å². The minimum Gasteiger partial charge on any atom is -0.493 e. The molecule has 0 atom stereocenters. The van der Waals surface area contributed by atoms with Gasteiger partial charge in [0, 0.05) is 20.8 Å². The summed E-state index contributed by atoms with van der Waals surface area (Å²) in [4.78, 5) is 12.2. The molecule has 7 heteroatoms. The van der Waals surface area contributed by atoms with Gasteiger partial charge in [0.1, 0.15) is 0 Å². The molecule has 0 bridgehead atoms. The first-order valence-electron chi connectivity index (χ1n) is 9.76. The Labute approximate surface area is 186 Å². The number of halogens is 1. The molecule has 2 aromatic heterocycles. The number of azo groups is 1. The van der Waals surface area contributed by atoms with E-state index in [-0.39, 0.29) is 11.8 Å². The van der Waals surface area contributed by atoms with Crippen molar-refractivity contribution >= 4 is 49.4 Å². The standard InChI is InChI=1S/C24H18BrN5O/c1-13-10-14(2)20-18(11-13)22(23(31)27-20)29-30-24-26-19-9-8-16(25)12-17(19)21(28-24)15-6-4-3-5-7-15/h3-12,27,31H,1-2H3. The monoisotopic (exact) mass is 471 g/mol. The number of hydrogen-bond donors (Lipinski definition) is 2. The molecule has 0 aliphatic heterocycles. The summed E-state index contributed by atoms with van der Waals surface area (Å²) in [6, 6.07) is 19.8. The van der Waals surface area contributed by atoms with Crippen molar-refractivity contribution in [3.8, 4) is 17.1 Å². The molecule has 31 heavy (non-hydrogen) atoms. The van der Waals surface area contributed by atoms with Gasteiger partial charge in [0.2, 0.25) is 5.88 Å². The Kier molecular flexibility index (Phi) is 4.75. The average Bonchev–Trinajstić information content (AvgIpc) is 3.08. The molecule has 0 saturated heterocycles. The molecule has 3 aromatic carbocycles. The zero-order chi connectivity index (χ0) is 21.5. The summed E-state index contributed by atoms with van der Waals surface area (Å²) in [5, 5.41) is 20.7. The number of fused-ring (bicyclic) bond motifs is 2. The molecule has 0 fully saturated rings. The van der Waals surface area contributed by atoms with Gasteiger partial charge in [-0.25, -0.2) is 9.97 Å². The number of aromatic nitrogens is 3. The number of benzene rings is 3. The fourth-order valence-electron chi connectivity index (χ4n) is 3.77. The third-order valence-electron chi connectivity index (χ3n) is 5.14. The second-order valence-electron chi connectivity index (χ2n) is 7.43. The Bertz CT molecular complexity index is 1470. The minimum atomic E-state index is -0.0274. The molecule has 0 spiro atoms. The maximum Gasteiger partial charge on any atom is 0.270 e. The Morgan fingerprint density at radius 3 is 2.52 bits per heavy atom. The molecule has 5 aromatic rings. The lowest BCUT2D eigenvalue weighted by molar-refractivity contribution is 0.459. The maximum absolute atomic E-state index is 10.4. The van der Waals surface area contributed by atoms with Crippen LogP contribution in [0.15, 0.2) is 75.4 Å². The minimum absolute atomic E-state index is 0.0274. The average molecular weight is 472 g/mol. The van der Waals surface area contributed by atoms with E-state index in [1.54, 1.807) is 0 Å². The third-order valence-corrected chi connectivity index (χ3v) is 5.63. The number of nitrogens with one attached hydrogen (secondary N) is 1. The lowest BCUT2D eigenvalue weighted by Gasteiger charge is -2.07. The lowest BCUT2D eigenvalue weighted by Crippen LogP contribution is -1.90. The molecule has 2 N–H and O–H groups in total. The largest absolute Gasteiger partial charge is 0.493 e. The number of hydrogen-bond acceptors (Lipinski definition) is 5. The highest BCUT2D eigenvalue weighted by Gasteiger charge is 2.14. The highest BCUT2D eigenvalue weighted by Crippen LogP contribution is 2.38. The van der Waals surface area contributed by atoms with Gasteiger partial charge in [-0.2, -0.15) is 0 Å². The zero-order valence-corrected chi connectivity index (χ0v) is 18.5. The van der Waals surface area contributed by atoms with Crippen molar-refractivity contribution in [2.45, 2.75) is 13.8 Å². The highest BCUT2D eigenvalue weighted by atomic mass is 79.9. The Morgan fingerprint density at radius 2 is 1.71 bits per heavy atom. The molecule has 0 aliphatic rings. The van der Waals surface area contributed by atoms with Gasteiger partial charge in [0.25, 0.3) is 5.95 Å². The number of nitrogens with zero attached hydrogens (tertiary/aromatic N) is 4. The van der Waals surface area contributed by atoms with E-state index in [1.165, 1.54) is 0 Å². The van der Waals surface area contributed by atoms with E-state index < -0.39 is 0 Å². The van der Waals surface area contributed by atoms with Gasteiger partial charge in [0.05, 0.1) is 16.7 Å². The molecule has 0 amide bonds. The van der Waals surface area contributed by atoms with Crippen molar-refractivity contribution in [3.63, 3.8) is 0 Å². The van der Waals surface area contributed by atoms with Crippen LogP contribution in [-0.4, -0.2) is 20.1 Å². The van der Waals surface area contributed by atoms with Crippen LogP contribution in [0.5, 0.6) is 5.88 Å². The summed E-state index contributed by atoms with van der Waals surface area (Å²) in [5.74, 6) is 0.201. The van der Waals surface area contributed by atoms with Crippen molar-refractivity contribution in [2.75, 3.05) is 0 Å². The number of aryl methyl sites for hydroxylation is 2. The first-order valence-corrected chi connectivity index (χ1v) is 10.6. The summed E-state index contributed by atoms with van der Waals surface area (Å²) in [6.07, 6.45) is 0.